The average Bonchev–Trinajstić information content (AvgIpc) is 2.54. The van der Waals surface area contributed by atoms with Crippen molar-refractivity contribution in [3.05, 3.63) is 64.1 Å². The van der Waals surface area contributed by atoms with Crippen LogP contribution in [0.2, 0.25) is 0 Å². The highest BCUT2D eigenvalue weighted by Crippen LogP contribution is 2.25. The van der Waals surface area contributed by atoms with Gasteiger partial charge in [0.25, 0.3) is 0 Å². The van der Waals surface area contributed by atoms with E-state index in [0.29, 0.717) is 17.9 Å². The molecule has 0 bridgehead atoms. The van der Waals surface area contributed by atoms with Crippen molar-refractivity contribution in [2.24, 2.45) is 0 Å². The van der Waals surface area contributed by atoms with Gasteiger partial charge in [0.1, 0.15) is 11.5 Å². The molecule has 0 N–H and O–H groups in total. The standard InChI is InChI=1S/C18H17BrO3/c1-3-22-17-11-9-14(19)12-13(17)8-10-16(20)15-6-4-5-7-18(15)21-2/h4-12H,3H2,1-2H3/b10-8+. The summed E-state index contributed by atoms with van der Waals surface area (Å²) in [5, 5.41) is 0. The number of ketones is 1. The van der Waals surface area contributed by atoms with Crippen molar-refractivity contribution in [3.8, 4) is 11.5 Å². The van der Waals surface area contributed by atoms with E-state index in [-0.39, 0.29) is 5.78 Å². The van der Waals surface area contributed by atoms with Crippen molar-refractivity contribution < 1.29 is 14.3 Å². The zero-order chi connectivity index (χ0) is 15.9. The molecular formula is C18H17BrO3. The van der Waals surface area contributed by atoms with Crippen molar-refractivity contribution >= 4 is 27.8 Å². The lowest BCUT2D eigenvalue weighted by Crippen LogP contribution is -1.99. The molecule has 0 spiro atoms. The second kappa shape index (κ2) is 7.80. The number of hydrogen-bond acceptors (Lipinski definition) is 3. The Morgan fingerprint density at radius 3 is 2.68 bits per heavy atom. The predicted molar refractivity (Wildman–Crippen MR) is 91.7 cm³/mol. The predicted octanol–water partition coefficient (Wildman–Crippen LogP) is 4.75. The summed E-state index contributed by atoms with van der Waals surface area (Å²) in [5.41, 5.74) is 1.38. The van der Waals surface area contributed by atoms with E-state index in [0.717, 1.165) is 15.8 Å². The number of rotatable bonds is 6. The summed E-state index contributed by atoms with van der Waals surface area (Å²) < 4.78 is 11.7. The number of halogens is 1. The van der Waals surface area contributed by atoms with Gasteiger partial charge in [0.15, 0.2) is 5.78 Å². The molecule has 0 radical (unpaired) electrons. The summed E-state index contributed by atoms with van der Waals surface area (Å²) in [6.45, 7) is 2.50. The topological polar surface area (TPSA) is 35.5 Å². The fourth-order valence-corrected chi connectivity index (χ4v) is 2.42. The third kappa shape index (κ3) is 3.98. The van der Waals surface area contributed by atoms with Gasteiger partial charge in [-0.3, -0.25) is 4.79 Å². The van der Waals surface area contributed by atoms with Crippen LogP contribution in [0.25, 0.3) is 6.08 Å². The van der Waals surface area contributed by atoms with Crippen LogP contribution < -0.4 is 9.47 Å². The molecule has 0 aliphatic heterocycles. The molecule has 0 saturated carbocycles. The van der Waals surface area contributed by atoms with Gasteiger partial charge >= 0.3 is 0 Å². The fourth-order valence-electron chi connectivity index (χ4n) is 2.04. The Morgan fingerprint density at radius 1 is 1.18 bits per heavy atom. The van der Waals surface area contributed by atoms with Crippen molar-refractivity contribution in [3.63, 3.8) is 0 Å². The van der Waals surface area contributed by atoms with Gasteiger partial charge in [-0.1, -0.05) is 28.1 Å². The van der Waals surface area contributed by atoms with E-state index in [1.807, 2.05) is 37.3 Å². The molecule has 4 heteroatoms. The Hall–Kier alpha value is -2.07. The third-order valence-corrected chi connectivity index (χ3v) is 3.55. The molecule has 2 rings (SSSR count). The molecule has 2 aromatic carbocycles. The lowest BCUT2D eigenvalue weighted by molar-refractivity contribution is 0.104. The second-order valence-corrected chi connectivity index (χ2v) is 5.43. The number of hydrogen-bond donors (Lipinski definition) is 0. The Kier molecular flexibility index (Phi) is 5.78. The van der Waals surface area contributed by atoms with E-state index in [2.05, 4.69) is 15.9 Å². The molecule has 22 heavy (non-hydrogen) atoms. The highest BCUT2D eigenvalue weighted by Gasteiger charge is 2.09. The minimum Gasteiger partial charge on any atom is -0.496 e. The van der Waals surface area contributed by atoms with E-state index < -0.39 is 0 Å². The summed E-state index contributed by atoms with van der Waals surface area (Å²) in [4.78, 5) is 12.3. The maximum Gasteiger partial charge on any atom is 0.189 e. The first-order valence-electron chi connectivity index (χ1n) is 6.93. The molecule has 0 heterocycles. The van der Waals surface area contributed by atoms with Crippen LogP contribution in [0, 0.1) is 0 Å². The quantitative estimate of drug-likeness (QED) is 0.550. The molecule has 0 aromatic heterocycles. The van der Waals surface area contributed by atoms with Crippen LogP contribution in [-0.2, 0) is 0 Å². The largest absolute Gasteiger partial charge is 0.496 e. The van der Waals surface area contributed by atoms with Crippen molar-refractivity contribution in [1.29, 1.82) is 0 Å². The van der Waals surface area contributed by atoms with E-state index in [4.69, 9.17) is 9.47 Å². The van der Waals surface area contributed by atoms with Gasteiger partial charge < -0.3 is 9.47 Å². The molecule has 0 amide bonds. The molecule has 0 saturated heterocycles. The van der Waals surface area contributed by atoms with E-state index in [9.17, 15) is 4.79 Å². The van der Waals surface area contributed by atoms with Crippen LogP contribution in [0.5, 0.6) is 11.5 Å². The first-order valence-corrected chi connectivity index (χ1v) is 7.72. The van der Waals surface area contributed by atoms with E-state index >= 15 is 0 Å². The summed E-state index contributed by atoms with van der Waals surface area (Å²) in [6.07, 6.45) is 3.28. The van der Waals surface area contributed by atoms with Gasteiger partial charge in [-0.15, -0.1) is 0 Å². The van der Waals surface area contributed by atoms with Crippen LogP contribution in [0.15, 0.2) is 53.0 Å². The average molecular weight is 361 g/mol. The van der Waals surface area contributed by atoms with Gasteiger partial charge in [0.05, 0.1) is 19.3 Å². The number of carbonyl (C=O) groups excluding carboxylic acids is 1. The SMILES string of the molecule is CCOc1ccc(Br)cc1/C=C/C(=O)c1ccccc1OC. The zero-order valence-electron chi connectivity index (χ0n) is 12.5. The summed E-state index contributed by atoms with van der Waals surface area (Å²) in [5.74, 6) is 1.20. The Bertz CT molecular complexity index is 692. The molecule has 0 aliphatic carbocycles. The summed E-state index contributed by atoms with van der Waals surface area (Å²) in [6, 6.07) is 12.9. The molecule has 0 fully saturated rings. The number of ether oxygens (including phenoxy) is 2. The van der Waals surface area contributed by atoms with E-state index in [1.165, 1.54) is 6.08 Å². The Balaban J connectivity index is 2.28. The normalized spacial score (nSPS) is 10.7. The third-order valence-electron chi connectivity index (χ3n) is 3.06. The lowest BCUT2D eigenvalue weighted by atomic mass is 10.1. The minimum absolute atomic E-state index is 0.111. The molecule has 3 nitrogen and oxygen atoms in total. The van der Waals surface area contributed by atoms with Crippen molar-refractivity contribution in [2.75, 3.05) is 13.7 Å². The van der Waals surface area contributed by atoms with Gasteiger partial charge in [0, 0.05) is 10.0 Å². The molecule has 0 aliphatic rings. The van der Waals surface area contributed by atoms with Crippen molar-refractivity contribution in [2.45, 2.75) is 6.92 Å². The first-order chi connectivity index (χ1) is 10.7. The Labute approximate surface area is 138 Å². The first kappa shape index (κ1) is 16.3. The highest BCUT2D eigenvalue weighted by molar-refractivity contribution is 9.10. The molecule has 2 aromatic rings. The van der Waals surface area contributed by atoms with Crippen LogP contribution >= 0.6 is 15.9 Å². The smallest absolute Gasteiger partial charge is 0.189 e. The van der Waals surface area contributed by atoms with Crippen molar-refractivity contribution in [1.82, 2.24) is 0 Å². The second-order valence-electron chi connectivity index (χ2n) is 4.51. The van der Waals surface area contributed by atoms with Crippen LogP contribution in [-0.4, -0.2) is 19.5 Å². The summed E-state index contributed by atoms with van der Waals surface area (Å²) in [7, 11) is 1.55. The molecule has 0 unspecified atom stereocenters. The van der Waals surface area contributed by atoms with Crippen LogP contribution in [0.1, 0.15) is 22.8 Å². The van der Waals surface area contributed by atoms with Gasteiger partial charge in [0.2, 0.25) is 0 Å². The number of methoxy groups -OCH3 is 1. The van der Waals surface area contributed by atoms with Gasteiger partial charge in [-0.25, -0.2) is 0 Å². The van der Waals surface area contributed by atoms with E-state index in [1.54, 1.807) is 25.3 Å². The number of allylic oxidation sites excluding steroid dienone is 1. The monoisotopic (exact) mass is 360 g/mol. The molecular weight excluding hydrogens is 344 g/mol. The number of para-hydroxylation sites is 1. The van der Waals surface area contributed by atoms with Crippen LogP contribution in [0.3, 0.4) is 0 Å². The molecule has 0 atom stereocenters. The maximum atomic E-state index is 12.3. The minimum atomic E-state index is -0.111. The fraction of sp³-hybridized carbons (Fsp3) is 0.167. The Morgan fingerprint density at radius 2 is 1.95 bits per heavy atom. The number of carbonyl (C=O) groups is 1. The lowest BCUT2D eigenvalue weighted by Gasteiger charge is -2.08. The van der Waals surface area contributed by atoms with Gasteiger partial charge in [-0.2, -0.15) is 0 Å². The molecule has 114 valence electrons. The summed E-state index contributed by atoms with van der Waals surface area (Å²) >= 11 is 3.43. The maximum absolute atomic E-state index is 12.3. The zero-order valence-corrected chi connectivity index (χ0v) is 14.1. The van der Waals surface area contributed by atoms with Gasteiger partial charge in [-0.05, 0) is 49.4 Å². The van der Waals surface area contributed by atoms with Crippen LogP contribution in [0.4, 0.5) is 0 Å². The number of benzene rings is 2. The highest BCUT2D eigenvalue weighted by atomic mass is 79.9.